The SMILES string of the molecule is CNCc1cn(CCOc2ccc(C)nc2)nn1. The molecule has 2 aromatic rings. The van der Waals surface area contributed by atoms with E-state index in [1.165, 1.54) is 0 Å². The van der Waals surface area contributed by atoms with E-state index in [9.17, 15) is 0 Å². The average molecular weight is 247 g/mol. The molecule has 2 aromatic heterocycles. The summed E-state index contributed by atoms with van der Waals surface area (Å²) in [6.45, 7) is 3.89. The van der Waals surface area contributed by atoms with Crippen molar-refractivity contribution < 1.29 is 4.74 Å². The average Bonchev–Trinajstić information content (AvgIpc) is 2.80. The first-order chi connectivity index (χ1) is 8.78. The Bertz CT molecular complexity index is 479. The van der Waals surface area contributed by atoms with Crippen LogP contribution in [0.3, 0.4) is 0 Å². The Morgan fingerprint density at radius 2 is 2.28 bits per heavy atom. The van der Waals surface area contributed by atoms with Crippen LogP contribution in [0.2, 0.25) is 0 Å². The molecule has 2 heterocycles. The Balaban J connectivity index is 1.79. The summed E-state index contributed by atoms with van der Waals surface area (Å²) in [5.74, 6) is 0.774. The lowest BCUT2D eigenvalue weighted by Crippen LogP contribution is -2.09. The number of rotatable bonds is 6. The second-order valence-corrected chi connectivity index (χ2v) is 3.99. The van der Waals surface area contributed by atoms with E-state index in [2.05, 4.69) is 20.6 Å². The molecule has 0 saturated heterocycles. The van der Waals surface area contributed by atoms with Crippen molar-refractivity contribution in [3.8, 4) is 5.75 Å². The molecule has 0 spiro atoms. The number of pyridine rings is 1. The molecule has 0 amide bonds. The van der Waals surface area contributed by atoms with E-state index in [4.69, 9.17) is 4.74 Å². The highest BCUT2D eigenvalue weighted by molar-refractivity contribution is 5.18. The molecule has 18 heavy (non-hydrogen) atoms. The standard InChI is InChI=1S/C12H17N5O/c1-10-3-4-12(8-14-10)18-6-5-17-9-11(7-13-2)15-16-17/h3-4,8-9,13H,5-7H2,1-2H3. The molecule has 0 bridgehead atoms. The van der Waals surface area contributed by atoms with Crippen LogP contribution >= 0.6 is 0 Å². The van der Waals surface area contributed by atoms with Crippen LogP contribution in [-0.2, 0) is 13.1 Å². The summed E-state index contributed by atoms with van der Waals surface area (Å²) in [5.41, 5.74) is 1.91. The summed E-state index contributed by atoms with van der Waals surface area (Å²) in [7, 11) is 1.88. The smallest absolute Gasteiger partial charge is 0.137 e. The van der Waals surface area contributed by atoms with E-state index in [-0.39, 0.29) is 0 Å². The van der Waals surface area contributed by atoms with Gasteiger partial charge in [0.05, 0.1) is 18.4 Å². The minimum absolute atomic E-state index is 0.549. The fraction of sp³-hybridized carbons (Fsp3) is 0.417. The molecular formula is C12H17N5O. The van der Waals surface area contributed by atoms with Crippen molar-refractivity contribution >= 4 is 0 Å². The molecule has 0 radical (unpaired) electrons. The zero-order valence-corrected chi connectivity index (χ0v) is 10.6. The van der Waals surface area contributed by atoms with Gasteiger partial charge in [-0.15, -0.1) is 5.10 Å². The van der Waals surface area contributed by atoms with Gasteiger partial charge in [-0.05, 0) is 26.1 Å². The molecule has 0 aliphatic rings. The largest absolute Gasteiger partial charge is 0.490 e. The van der Waals surface area contributed by atoms with Crippen molar-refractivity contribution in [2.45, 2.75) is 20.0 Å². The van der Waals surface area contributed by atoms with Crippen LogP contribution in [0.5, 0.6) is 5.75 Å². The third kappa shape index (κ3) is 3.53. The highest BCUT2D eigenvalue weighted by Crippen LogP contribution is 2.08. The molecule has 2 rings (SSSR count). The van der Waals surface area contributed by atoms with Crippen molar-refractivity contribution in [2.75, 3.05) is 13.7 Å². The van der Waals surface area contributed by atoms with Gasteiger partial charge in [-0.2, -0.15) is 0 Å². The topological polar surface area (TPSA) is 64.9 Å². The van der Waals surface area contributed by atoms with Crippen molar-refractivity contribution in [1.82, 2.24) is 25.3 Å². The Morgan fingerprint density at radius 3 is 3.00 bits per heavy atom. The second kappa shape index (κ2) is 6.11. The molecular weight excluding hydrogens is 230 g/mol. The van der Waals surface area contributed by atoms with Gasteiger partial charge in [0.25, 0.3) is 0 Å². The highest BCUT2D eigenvalue weighted by Gasteiger charge is 2.00. The fourth-order valence-corrected chi connectivity index (χ4v) is 1.51. The molecule has 0 aliphatic heterocycles. The quantitative estimate of drug-likeness (QED) is 0.817. The molecule has 0 aliphatic carbocycles. The third-order valence-corrected chi connectivity index (χ3v) is 2.42. The molecule has 0 atom stereocenters. The summed E-state index contributed by atoms with van der Waals surface area (Å²) in [6.07, 6.45) is 3.64. The van der Waals surface area contributed by atoms with E-state index in [1.807, 2.05) is 32.3 Å². The molecule has 0 fully saturated rings. The van der Waals surface area contributed by atoms with Crippen LogP contribution in [0.15, 0.2) is 24.5 Å². The van der Waals surface area contributed by atoms with Crippen molar-refractivity contribution in [1.29, 1.82) is 0 Å². The van der Waals surface area contributed by atoms with E-state index in [1.54, 1.807) is 10.9 Å². The van der Waals surface area contributed by atoms with Gasteiger partial charge in [0.15, 0.2) is 0 Å². The first kappa shape index (κ1) is 12.5. The molecule has 0 unspecified atom stereocenters. The summed E-state index contributed by atoms with van der Waals surface area (Å²) in [6, 6.07) is 3.84. The van der Waals surface area contributed by atoms with E-state index in [0.29, 0.717) is 13.2 Å². The zero-order valence-electron chi connectivity index (χ0n) is 10.6. The molecule has 96 valence electrons. The minimum atomic E-state index is 0.549. The number of nitrogens with zero attached hydrogens (tertiary/aromatic N) is 4. The first-order valence-electron chi connectivity index (χ1n) is 5.87. The lowest BCUT2D eigenvalue weighted by molar-refractivity contribution is 0.288. The Kier molecular flexibility index (Phi) is 4.25. The van der Waals surface area contributed by atoms with Gasteiger partial charge in [0.2, 0.25) is 0 Å². The monoisotopic (exact) mass is 247 g/mol. The van der Waals surface area contributed by atoms with Gasteiger partial charge in [-0.25, -0.2) is 4.68 Å². The lowest BCUT2D eigenvalue weighted by atomic mass is 10.4. The zero-order chi connectivity index (χ0) is 12.8. The van der Waals surface area contributed by atoms with E-state index in [0.717, 1.165) is 23.7 Å². The van der Waals surface area contributed by atoms with Crippen LogP contribution < -0.4 is 10.1 Å². The maximum absolute atomic E-state index is 5.57. The fourth-order valence-electron chi connectivity index (χ4n) is 1.51. The minimum Gasteiger partial charge on any atom is -0.490 e. The Hall–Kier alpha value is -1.95. The van der Waals surface area contributed by atoms with Gasteiger partial charge < -0.3 is 10.1 Å². The maximum atomic E-state index is 5.57. The van der Waals surface area contributed by atoms with Gasteiger partial charge >= 0.3 is 0 Å². The Labute approximate surface area is 106 Å². The van der Waals surface area contributed by atoms with Gasteiger partial charge in [-0.3, -0.25) is 4.98 Å². The van der Waals surface area contributed by atoms with Crippen LogP contribution in [0.1, 0.15) is 11.4 Å². The van der Waals surface area contributed by atoms with Crippen LogP contribution in [-0.4, -0.2) is 33.6 Å². The van der Waals surface area contributed by atoms with Gasteiger partial charge in [0, 0.05) is 18.4 Å². The molecule has 6 heteroatoms. The summed E-state index contributed by atoms with van der Waals surface area (Å²) in [5, 5.41) is 11.1. The van der Waals surface area contributed by atoms with Crippen LogP contribution in [0.25, 0.3) is 0 Å². The third-order valence-electron chi connectivity index (χ3n) is 2.42. The van der Waals surface area contributed by atoms with E-state index >= 15 is 0 Å². The number of aromatic nitrogens is 4. The number of nitrogens with one attached hydrogen (secondary N) is 1. The molecule has 0 saturated carbocycles. The number of aryl methyl sites for hydroxylation is 1. The summed E-state index contributed by atoms with van der Waals surface area (Å²) < 4.78 is 7.34. The predicted octanol–water partition coefficient (Wildman–Crippen LogP) is 0.780. The highest BCUT2D eigenvalue weighted by atomic mass is 16.5. The van der Waals surface area contributed by atoms with Crippen LogP contribution in [0.4, 0.5) is 0 Å². The summed E-state index contributed by atoms with van der Waals surface area (Å²) in [4.78, 5) is 4.17. The van der Waals surface area contributed by atoms with Crippen LogP contribution in [0, 0.1) is 6.92 Å². The normalized spacial score (nSPS) is 10.6. The molecule has 1 N–H and O–H groups in total. The maximum Gasteiger partial charge on any atom is 0.137 e. The Morgan fingerprint density at radius 1 is 1.39 bits per heavy atom. The van der Waals surface area contributed by atoms with Crippen molar-refractivity contribution in [2.24, 2.45) is 0 Å². The number of ether oxygens (including phenoxy) is 1. The lowest BCUT2D eigenvalue weighted by Gasteiger charge is -2.05. The number of hydrogen-bond acceptors (Lipinski definition) is 5. The van der Waals surface area contributed by atoms with Gasteiger partial charge in [-0.1, -0.05) is 5.21 Å². The van der Waals surface area contributed by atoms with Gasteiger partial charge in [0.1, 0.15) is 12.4 Å². The van der Waals surface area contributed by atoms with E-state index < -0.39 is 0 Å². The van der Waals surface area contributed by atoms with Crippen molar-refractivity contribution in [3.05, 3.63) is 35.9 Å². The molecule has 0 aromatic carbocycles. The van der Waals surface area contributed by atoms with Crippen molar-refractivity contribution in [3.63, 3.8) is 0 Å². The predicted molar refractivity (Wildman–Crippen MR) is 67.3 cm³/mol. The summed E-state index contributed by atoms with van der Waals surface area (Å²) >= 11 is 0. The second-order valence-electron chi connectivity index (χ2n) is 3.99. The number of hydrogen-bond donors (Lipinski definition) is 1. The molecule has 6 nitrogen and oxygen atoms in total. The first-order valence-corrected chi connectivity index (χ1v) is 5.87.